The molecular weight excluding hydrogens is 188 g/mol. The quantitative estimate of drug-likeness (QED) is 0.753. The van der Waals surface area contributed by atoms with Gasteiger partial charge in [-0.25, -0.2) is 9.97 Å². The lowest BCUT2D eigenvalue weighted by molar-refractivity contribution is 0.402. The maximum atomic E-state index is 4.37. The van der Waals surface area contributed by atoms with Crippen LogP contribution >= 0.6 is 0 Å². The molecular formula is C11H14N4. The smallest absolute Gasteiger partial charge is 0.137 e. The molecule has 0 fully saturated rings. The van der Waals surface area contributed by atoms with Gasteiger partial charge in [0.25, 0.3) is 0 Å². The highest BCUT2D eigenvalue weighted by atomic mass is 15.1. The first-order chi connectivity index (χ1) is 7.25. The van der Waals surface area contributed by atoms with Gasteiger partial charge in [0.15, 0.2) is 0 Å². The van der Waals surface area contributed by atoms with Crippen molar-refractivity contribution in [2.45, 2.75) is 6.54 Å². The molecule has 0 N–H and O–H groups in total. The summed E-state index contributed by atoms with van der Waals surface area (Å²) in [6.45, 7) is 0.914. The van der Waals surface area contributed by atoms with Gasteiger partial charge in [-0.2, -0.15) is 0 Å². The molecule has 0 aromatic carbocycles. The maximum Gasteiger partial charge on any atom is 0.137 e. The number of nitrogens with zero attached hydrogens (tertiary/aromatic N) is 4. The van der Waals surface area contributed by atoms with E-state index in [1.54, 1.807) is 12.5 Å². The summed E-state index contributed by atoms with van der Waals surface area (Å²) in [7, 11) is 4.09. The summed E-state index contributed by atoms with van der Waals surface area (Å²) in [5, 5.41) is 0. The van der Waals surface area contributed by atoms with Gasteiger partial charge in [0, 0.05) is 25.1 Å². The maximum absolute atomic E-state index is 4.37. The van der Waals surface area contributed by atoms with Gasteiger partial charge >= 0.3 is 0 Å². The Morgan fingerprint density at radius 1 is 1.33 bits per heavy atom. The Labute approximate surface area is 89.2 Å². The molecule has 0 amide bonds. The lowest BCUT2D eigenvalue weighted by Gasteiger charge is -2.09. The number of hydrogen-bond acceptors (Lipinski definition) is 3. The second kappa shape index (κ2) is 4.23. The first kappa shape index (κ1) is 9.86. The van der Waals surface area contributed by atoms with Gasteiger partial charge in [0.05, 0.1) is 0 Å². The van der Waals surface area contributed by atoms with Crippen LogP contribution in [0.15, 0.2) is 37.1 Å². The zero-order valence-electron chi connectivity index (χ0n) is 8.96. The van der Waals surface area contributed by atoms with Crippen LogP contribution in [-0.4, -0.2) is 33.5 Å². The van der Waals surface area contributed by atoms with E-state index in [1.165, 1.54) is 5.56 Å². The highest BCUT2D eigenvalue weighted by molar-refractivity contribution is 5.25. The Kier molecular flexibility index (Phi) is 2.78. The van der Waals surface area contributed by atoms with Crippen LogP contribution < -0.4 is 0 Å². The number of rotatable bonds is 3. The molecule has 78 valence electrons. The molecule has 0 unspecified atom stereocenters. The van der Waals surface area contributed by atoms with Gasteiger partial charge < -0.3 is 4.90 Å². The van der Waals surface area contributed by atoms with Crippen LogP contribution in [0.2, 0.25) is 0 Å². The van der Waals surface area contributed by atoms with Gasteiger partial charge in [0.1, 0.15) is 12.1 Å². The van der Waals surface area contributed by atoms with Gasteiger partial charge in [-0.05, 0) is 25.7 Å². The van der Waals surface area contributed by atoms with Crippen LogP contribution in [0.1, 0.15) is 5.56 Å². The molecule has 0 atom stereocenters. The van der Waals surface area contributed by atoms with E-state index < -0.39 is 0 Å². The zero-order chi connectivity index (χ0) is 10.7. The average Bonchev–Trinajstić information content (AvgIpc) is 2.71. The van der Waals surface area contributed by atoms with E-state index in [0.29, 0.717) is 0 Å². The number of hydrogen-bond donors (Lipinski definition) is 0. The van der Waals surface area contributed by atoms with E-state index in [9.17, 15) is 0 Å². The van der Waals surface area contributed by atoms with Crippen molar-refractivity contribution < 1.29 is 0 Å². The van der Waals surface area contributed by atoms with Crippen molar-refractivity contribution in [2.75, 3.05) is 14.1 Å². The minimum Gasteiger partial charge on any atom is -0.305 e. The lowest BCUT2D eigenvalue weighted by Crippen LogP contribution is -2.11. The minimum absolute atomic E-state index is 0.898. The van der Waals surface area contributed by atoms with Crippen molar-refractivity contribution in [1.29, 1.82) is 0 Å². The third-order valence-corrected chi connectivity index (χ3v) is 2.08. The monoisotopic (exact) mass is 202 g/mol. The van der Waals surface area contributed by atoms with E-state index >= 15 is 0 Å². The fourth-order valence-electron chi connectivity index (χ4n) is 1.42. The molecule has 0 saturated heterocycles. The minimum atomic E-state index is 0.898. The average molecular weight is 202 g/mol. The highest BCUT2D eigenvalue weighted by Gasteiger charge is 1.98. The van der Waals surface area contributed by atoms with Gasteiger partial charge in [0.2, 0.25) is 0 Å². The standard InChI is InChI=1S/C11H14N4/c1-14(2)8-10-3-4-11(13-7-10)15-6-5-12-9-15/h3-7,9H,8H2,1-2H3. The third-order valence-electron chi connectivity index (χ3n) is 2.08. The molecule has 2 aromatic heterocycles. The second-order valence-electron chi connectivity index (χ2n) is 3.73. The molecule has 4 nitrogen and oxygen atoms in total. The van der Waals surface area contributed by atoms with Crippen LogP contribution in [0.5, 0.6) is 0 Å². The molecule has 0 aliphatic carbocycles. The zero-order valence-corrected chi connectivity index (χ0v) is 8.96. The first-order valence-corrected chi connectivity index (χ1v) is 4.84. The predicted molar refractivity (Wildman–Crippen MR) is 58.8 cm³/mol. The first-order valence-electron chi connectivity index (χ1n) is 4.84. The van der Waals surface area contributed by atoms with Crippen molar-refractivity contribution in [3.05, 3.63) is 42.6 Å². The Morgan fingerprint density at radius 2 is 2.20 bits per heavy atom. The molecule has 0 saturated carbocycles. The number of pyridine rings is 1. The summed E-state index contributed by atoms with van der Waals surface area (Å²) in [6, 6.07) is 4.09. The molecule has 0 bridgehead atoms. The summed E-state index contributed by atoms with van der Waals surface area (Å²) < 4.78 is 1.89. The van der Waals surface area contributed by atoms with Crippen molar-refractivity contribution >= 4 is 0 Å². The Hall–Kier alpha value is -1.68. The molecule has 0 aliphatic heterocycles. The fraction of sp³-hybridized carbons (Fsp3) is 0.273. The SMILES string of the molecule is CN(C)Cc1ccc(-n2ccnc2)nc1. The Morgan fingerprint density at radius 3 is 2.73 bits per heavy atom. The van der Waals surface area contributed by atoms with E-state index in [4.69, 9.17) is 0 Å². The molecule has 15 heavy (non-hydrogen) atoms. The van der Waals surface area contributed by atoms with E-state index in [2.05, 4.69) is 20.9 Å². The van der Waals surface area contributed by atoms with Crippen LogP contribution in [0, 0.1) is 0 Å². The topological polar surface area (TPSA) is 34.0 Å². The lowest BCUT2D eigenvalue weighted by atomic mass is 10.3. The Bertz CT molecular complexity index is 403. The number of imidazole rings is 1. The van der Waals surface area contributed by atoms with Crippen molar-refractivity contribution in [2.24, 2.45) is 0 Å². The summed E-state index contributed by atoms with van der Waals surface area (Å²) in [6.07, 6.45) is 7.27. The van der Waals surface area contributed by atoms with Crippen molar-refractivity contribution in [3.63, 3.8) is 0 Å². The van der Waals surface area contributed by atoms with E-state index in [1.807, 2.05) is 37.1 Å². The normalized spacial score (nSPS) is 10.9. The summed E-state index contributed by atoms with van der Waals surface area (Å²) in [5.41, 5.74) is 1.21. The van der Waals surface area contributed by atoms with Crippen LogP contribution in [0.4, 0.5) is 0 Å². The van der Waals surface area contributed by atoms with Crippen LogP contribution in [0.25, 0.3) is 5.82 Å². The van der Waals surface area contributed by atoms with Gasteiger partial charge in [-0.15, -0.1) is 0 Å². The molecule has 2 aromatic rings. The molecule has 2 rings (SSSR count). The summed E-state index contributed by atoms with van der Waals surface area (Å²) in [5.74, 6) is 0.898. The van der Waals surface area contributed by atoms with Crippen molar-refractivity contribution in [3.8, 4) is 5.82 Å². The van der Waals surface area contributed by atoms with Crippen molar-refractivity contribution in [1.82, 2.24) is 19.4 Å². The number of aromatic nitrogens is 3. The second-order valence-corrected chi connectivity index (χ2v) is 3.73. The molecule has 0 aliphatic rings. The molecule has 0 spiro atoms. The highest BCUT2D eigenvalue weighted by Crippen LogP contribution is 2.06. The molecule has 4 heteroatoms. The predicted octanol–water partition coefficient (Wildman–Crippen LogP) is 1.33. The van der Waals surface area contributed by atoms with Gasteiger partial charge in [-0.1, -0.05) is 6.07 Å². The largest absolute Gasteiger partial charge is 0.305 e. The molecule has 2 heterocycles. The van der Waals surface area contributed by atoms with E-state index in [-0.39, 0.29) is 0 Å². The third kappa shape index (κ3) is 2.41. The summed E-state index contributed by atoms with van der Waals surface area (Å²) in [4.78, 5) is 10.5. The van der Waals surface area contributed by atoms with Gasteiger partial charge in [-0.3, -0.25) is 4.57 Å². The fourth-order valence-corrected chi connectivity index (χ4v) is 1.42. The summed E-state index contributed by atoms with van der Waals surface area (Å²) >= 11 is 0. The van der Waals surface area contributed by atoms with E-state index in [0.717, 1.165) is 12.4 Å². The Balaban J connectivity index is 2.17. The molecule has 0 radical (unpaired) electrons. The van der Waals surface area contributed by atoms with Crippen LogP contribution in [0.3, 0.4) is 0 Å². The van der Waals surface area contributed by atoms with Crippen LogP contribution in [-0.2, 0) is 6.54 Å².